The Morgan fingerprint density at radius 3 is 2.60 bits per heavy atom. The van der Waals surface area contributed by atoms with Gasteiger partial charge in [0.25, 0.3) is 5.91 Å². The summed E-state index contributed by atoms with van der Waals surface area (Å²) in [7, 11) is 0. The number of H-pyrrole nitrogens is 1. The quantitative estimate of drug-likeness (QED) is 0.691. The van der Waals surface area contributed by atoms with Gasteiger partial charge in [-0.1, -0.05) is 20.8 Å². The van der Waals surface area contributed by atoms with Gasteiger partial charge >= 0.3 is 0 Å². The zero-order chi connectivity index (χ0) is 14.9. The molecule has 1 heterocycles. The second kappa shape index (κ2) is 4.92. The monoisotopic (exact) mass is 278 g/mol. The molecule has 0 spiro atoms. The topological polar surface area (TPSA) is 86.9 Å². The van der Waals surface area contributed by atoms with Crippen molar-refractivity contribution in [3.63, 3.8) is 0 Å². The molecule has 0 saturated heterocycles. The molecule has 7 heteroatoms. The number of benzene rings is 1. The van der Waals surface area contributed by atoms with Gasteiger partial charge in [0.15, 0.2) is 5.82 Å². The summed E-state index contributed by atoms with van der Waals surface area (Å²) < 4.78 is 14.1. The number of aromatic amines is 1. The minimum Gasteiger partial charge on any atom is -0.345 e. The van der Waals surface area contributed by atoms with Crippen LogP contribution in [0.2, 0.25) is 0 Å². The summed E-state index contributed by atoms with van der Waals surface area (Å²) in [5.74, 6) is -1.83. The second-order valence-electron chi connectivity index (χ2n) is 5.38. The van der Waals surface area contributed by atoms with E-state index < -0.39 is 17.1 Å². The van der Waals surface area contributed by atoms with Crippen LogP contribution in [0.5, 0.6) is 0 Å². The van der Waals surface area contributed by atoms with Crippen molar-refractivity contribution in [3.05, 3.63) is 29.8 Å². The van der Waals surface area contributed by atoms with Crippen LogP contribution in [0, 0.1) is 11.2 Å². The molecule has 2 amide bonds. The smallest absolute Gasteiger partial charge is 0.272 e. The van der Waals surface area contributed by atoms with Crippen molar-refractivity contribution in [1.82, 2.24) is 20.8 Å². The largest absolute Gasteiger partial charge is 0.345 e. The summed E-state index contributed by atoms with van der Waals surface area (Å²) in [6, 6.07) is 2.88. The molecule has 0 fully saturated rings. The van der Waals surface area contributed by atoms with E-state index in [1.54, 1.807) is 26.8 Å². The van der Waals surface area contributed by atoms with Crippen LogP contribution in [-0.2, 0) is 4.79 Å². The van der Waals surface area contributed by atoms with Crippen LogP contribution in [-0.4, -0.2) is 21.8 Å². The first-order valence-corrected chi connectivity index (χ1v) is 6.03. The van der Waals surface area contributed by atoms with Gasteiger partial charge in [0.05, 0.1) is 17.4 Å². The number of imidazole rings is 1. The lowest BCUT2D eigenvalue weighted by Crippen LogP contribution is -2.46. The van der Waals surface area contributed by atoms with E-state index in [1.807, 2.05) is 0 Å². The predicted molar refractivity (Wildman–Crippen MR) is 71.1 cm³/mol. The van der Waals surface area contributed by atoms with Gasteiger partial charge in [-0.2, -0.15) is 0 Å². The molecule has 2 aromatic rings. The highest BCUT2D eigenvalue weighted by molar-refractivity contribution is 5.98. The Bertz CT molecular complexity index is 673. The number of fused-ring (bicyclic) bond motifs is 1. The number of rotatable bonds is 1. The molecule has 0 saturated carbocycles. The second-order valence-corrected chi connectivity index (χ2v) is 5.38. The third kappa shape index (κ3) is 2.61. The number of hydrogen-bond acceptors (Lipinski definition) is 3. The number of aromatic nitrogens is 2. The van der Waals surface area contributed by atoms with Crippen molar-refractivity contribution >= 4 is 22.8 Å². The average Bonchev–Trinajstić information content (AvgIpc) is 2.84. The van der Waals surface area contributed by atoms with Crippen molar-refractivity contribution in [2.24, 2.45) is 5.41 Å². The minimum absolute atomic E-state index is 0.0831. The number of carbonyl (C=O) groups is 2. The number of nitrogens with zero attached hydrogens (tertiary/aromatic N) is 1. The van der Waals surface area contributed by atoms with Crippen LogP contribution in [0.3, 0.4) is 0 Å². The first kappa shape index (κ1) is 14.0. The Morgan fingerprint density at radius 2 is 1.95 bits per heavy atom. The standard InChI is InChI=1S/C13H15FN4O2/c1-13(2,3)12(20)18-17-11(19)7-4-5-8-10(9(7)14)16-6-15-8/h4-6H,1-3H3,(H,15,16)(H,17,19)(H,18,20). The van der Waals surface area contributed by atoms with E-state index in [9.17, 15) is 14.0 Å². The maximum absolute atomic E-state index is 14.1. The Kier molecular flexibility index (Phi) is 3.44. The zero-order valence-electron chi connectivity index (χ0n) is 11.4. The number of halogens is 1. The van der Waals surface area contributed by atoms with Crippen molar-refractivity contribution in [3.8, 4) is 0 Å². The molecule has 1 aromatic carbocycles. The van der Waals surface area contributed by atoms with Gasteiger partial charge in [-0.15, -0.1) is 0 Å². The highest BCUT2D eigenvalue weighted by atomic mass is 19.1. The number of hydrogen-bond donors (Lipinski definition) is 3. The lowest BCUT2D eigenvalue weighted by molar-refractivity contribution is -0.129. The molecule has 0 aliphatic carbocycles. The number of hydrazine groups is 1. The number of nitrogens with one attached hydrogen (secondary N) is 3. The van der Waals surface area contributed by atoms with E-state index in [1.165, 1.54) is 12.4 Å². The summed E-state index contributed by atoms with van der Waals surface area (Å²) in [6.45, 7) is 5.10. The fourth-order valence-electron chi connectivity index (χ4n) is 1.52. The maximum Gasteiger partial charge on any atom is 0.272 e. The Labute approximate surface area is 114 Å². The number of carbonyl (C=O) groups excluding carboxylic acids is 2. The summed E-state index contributed by atoms with van der Waals surface area (Å²) in [5, 5.41) is 0. The van der Waals surface area contributed by atoms with Gasteiger partial charge in [-0.25, -0.2) is 9.37 Å². The van der Waals surface area contributed by atoms with E-state index in [4.69, 9.17) is 0 Å². The van der Waals surface area contributed by atoms with Crippen LogP contribution in [0.4, 0.5) is 4.39 Å². The molecule has 0 atom stereocenters. The molecule has 0 unspecified atom stereocenters. The molecule has 0 bridgehead atoms. The third-order valence-corrected chi connectivity index (χ3v) is 2.75. The van der Waals surface area contributed by atoms with Crippen LogP contribution >= 0.6 is 0 Å². The van der Waals surface area contributed by atoms with Crippen LogP contribution in [0.25, 0.3) is 11.0 Å². The van der Waals surface area contributed by atoms with E-state index in [2.05, 4.69) is 20.8 Å². The molecular weight excluding hydrogens is 263 g/mol. The maximum atomic E-state index is 14.1. The summed E-state index contributed by atoms with van der Waals surface area (Å²) in [6.07, 6.45) is 1.34. The van der Waals surface area contributed by atoms with E-state index in [-0.39, 0.29) is 17.0 Å². The highest BCUT2D eigenvalue weighted by Gasteiger charge is 2.22. The SMILES string of the molecule is CC(C)(C)C(=O)NNC(=O)c1ccc2[nH]cnc2c1F. The lowest BCUT2D eigenvalue weighted by atomic mass is 9.96. The fourth-order valence-corrected chi connectivity index (χ4v) is 1.52. The van der Waals surface area contributed by atoms with E-state index >= 15 is 0 Å². The van der Waals surface area contributed by atoms with Crippen molar-refractivity contribution in [2.45, 2.75) is 20.8 Å². The summed E-state index contributed by atoms with van der Waals surface area (Å²) in [4.78, 5) is 30.0. The van der Waals surface area contributed by atoms with Crippen LogP contribution < -0.4 is 10.9 Å². The Balaban J connectivity index is 2.16. The predicted octanol–water partition coefficient (Wildman–Crippen LogP) is 1.51. The average molecular weight is 278 g/mol. The van der Waals surface area contributed by atoms with Gasteiger partial charge in [0.1, 0.15) is 5.52 Å². The van der Waals surface area contributed by atoms with Gasteiger partial charge in [-0.05, 0) is 12.1 Å². The molecule has 6 nitrogen and oxygen atoms in total. The summed E-state index contributed by atoms with van der Waals surface area (Å²) in [5.41, 5.74) is 4.19. The third-order valence-electron chi connectivity index (χ3n) is 2.75. The zero-order valence-corrected chi connectivity index (χ0v) is 11.4. The lowest BCUT2D eigenvalue weighted by Gasteiger charge is -2.17. The minimum atomic E-state index is -0.731. The van der Waals surface area contributed by atoms with Gasteiger partial charge in [0.2, 0.25) is 5.91 Å². The first-order valence-electron chi connectivity index (χ1n) is 6.03. The highest BCUT2D eigenvalue weighted by Crippen LogP contribution is 2.17. The van der Waals surface area contributed by atoms with Gasteiger partial charge < -0.3 is 4.98 Å². The molecule has 0 aliphatic rings. The molecule has 0 aliphatic heterocycles. The van der Waals surface area contributed by atoms with Crippen molar-refractivity contribution < 1.29 is 14.0 Å². The molecule has 0 radical (unpaired) electrons. The van der Waals surface area contributed by atoms with Crippen LogP contribution in [0.15, 0.2) is 18.5 Å². The van der Waals surface area contributed by atoms with Gasteiger partial charge in [-0.3, -0.25) is 20.4 Å². The van der Waals surface area contributed by atoms with Gasteiger partial charge in [0, 0.05) is 5.41 Å². The Hall–Kier alpha value is -2.44. The molecule has 20 heavy (non-hydrogen) atoms. The first-order chi connectivity index (χ1) is 9.30. The summed E-state index contributed by atoms with van der Waals surface area (Å²) >= 11 is 0. The molecule has 106 valence electrons. The van der Waals surface area contributed by atoms with E-state index in [0.29, 0.717) is 5.52 Å². The molecule has 1 aromatic heterocycles. The molecule has 3 N–H and O–H groups in total. The van der Waals surface area contributed by atoms with Crippen molar-refractivity contribution in [2.75, 3.05) is 0 Å². The molecular formula is C13H15FN4O2. The normalized spacial score (nSPS) is 11.4. The van der Waals surface area contributed by atoms with Crippen molar-refractivity contribution in [1.29, 1.82) is 0 Å². The number of amides is 2. The fraction of sp³-hybridized carbons (Fsp3) is 0.308. The van der Waals surface area contributed by atoms with Crippen LogP contribution in [0.1, 0.15) is 31.1 Å². The van der Waals surface area contributed by atoms with E-state index in [0.717, 1.165) is 0 Å². The Morgan fingerprint density at radius 1 is 1.25 bits per heavy atom. The molecule has 2 rings (SSSR count).